The Morgan fingerprint density at radius 2 is 2.33 bits per heavy atom. The van der Waals surface area contributed by atoms with Gasteiger partial charge in [-0.05, 0) is 25.7 Å². The van der Waals surface area contributed by atoms with Crippen LogP contribution in [0, 0.1) is 0 Å². The zero-order valence-electron chi connectivity index (χ0n) is 7.29. The smallest absolute Gasteiger partial charge is 0.0896 e. The van der Waals surface area contributed by atoms with Crippen LogP contribution in [0.3, 0.4) is 0 Å². The van der Waals surface area contributed by atoms with E-state index >= 15 is 0 Å². The summed E-state index contributed by atoms with van der Waals surface area (Å²) in [5, 5.41) is 0. The SMILES string of the molecule is SCOC1CCOC2(CCC2)C1. The minimum Gasteiger partial charge on any atom is -0.375 e. The summed E-state index contributed by atoms with van der Waals surface area (Å²) in [6.07, 6.45) is 6.33. The first kappa shape index (κ1) is 8.85. The van der Waals surface area contributed by atoms with Crippen molar-refractivity contribution in [3.05, 3.63) is 0 Å². The summed E-state index contributed by atoms with van der Waals surface area (Å²) >= 11 is 4.07. The van der Waals surface area contributed by atoms with Crippen LogP contribution in [0.5, 0.6) is 0 Å². The Bertz CT molecular complexity index is 155. The van der Waals surface area contributed by atoms with E-state index in [-0.39, 0.29) is 5.60 Å². The van der Waals surface area contributed by atoms with Gasteiger partial charge in [-0.1, -0.05) is 0 Å². The molecule has 1 atom stereocenters. The van der Waals surface area contributed by atoms with E-state index < -0.39 is 0 Å². The molecule has 1 spiro atoms. The summed E-state index contributed by atoms with van der Waals surface area (Å²) in [5.41, 5.74) is 0.214. The Balaban J connectivity index is 1.85. The van der Waals surface area contributed by atoms with Gasteiger partial charge in [-0.25, -0.2) is 0 Å². The second-order valence-corrected chi connectivity index (χ2v) is 4.05. The minimum absolute atomic E-state index is 0.214. The molecule has 0 aromatic rings. The van der Waals surface area contributed by atoms with Gasteiger partial charge in [0.2, 0.25) is 0 Å². The van der Waals surface area contributed by atoms with Gasteiger partial charge in [0, 0.05) is 13.0 Å². The average Bonchev–Trinajstić information content (AvgIpc) is 2.03. The van der Waals surface area contributed by atoms with Gasteiger partial charge in [0.25, 0.3) is 0 Å². The third-order valence-corrected chi connectivity index (χ3v) is 3.17. The van der Waals surface area contributed by atoms with Crippen molar-refractivity contribution >= 4 is 12.6 Å². The fraction of sp³-hybridized carbons (Fsp3) is 1.00. The lowest BCUT2D eigenvalue weighted by molar-refractivity contribution is -0.165. The first-order valence-electron chi connectivity index (χ1n) is 4.71. The van der Waals surface area contributed by atoms with Gasteiger partial charge in [0.15, 0.2) is 0 Å². The highest BCUT2D eigenvalue weighted by atomic mass is 32.1. The molecule has 0 aromatic heterocycles. The predicted molar refractivity (Wildman–Crippen MR) is 50.5 cm³/mol. The first-order valence-corrected chi connectivity index (χ1v) is 5.34. The van der Waals surface area contributed by atoms with E-state index in [0.29, 0.717) is 12.0 Å². The molecule has 0 N–H and O–H groups in total. The van der Waals surface area contributed by atoms with Crippen LogP contribution in [0.1, 0.15) is 32.1 Å². The van der Waals surface area contributed by atoms with Gasteiger partial charge < -0.3 is 9.47 Å². The van der Waals surface area contributed by atoms with Crippen molar-refractivity contribution in [3.8, 4) is 0 Å². The lowest BCUT2D eigenvalue weighted by Gasteiger charge is -2.46. The molecular formula is C9H16O2S. The van der Waals surface area contributed by atoms with Crippen molar-refractivity contribution < 1.29 is 9.47 Å². The Hall–Kier alpha value is 0.270. The van der Waals surface area contributed by atoms with Gasteiger partial charge in [-0.2, -0.15) is 12.6 Å². The highest BCUT2D eigenvalue weighted by Gasteiger charge is 2.42. The third-order valence-electron chi connectivity index (χ3n) is 3.02. The van der Waals surface area contributed by atoms with E-state index in [2.05, 4.69) is 12.6 Å². The third kappa shape index (κ3) is 1.63. The van der Waals surface area contributed by atoms with Crippen molar-refractivity contribution in [1.82, 2.24) is 0 Å². The Kier molecular flexibility index (Phi) is 2.63. The van der Waals surface area contributed by atoms with E-state index in [1.807, 2.05) is 0 Å². The summed E-state index contributed by atoms with van der Waals surface area (Å²) in [6.45, 7) is 0.873. The van der Waals surface area contributed by atoms with Crippen LogP contribution >= 0.6 is 12.6 Å². The molecule has 1 heterocycles. The number of hydrogen-bond donors (Lipinski definition) is 1. The van der Waals surface area contributed by atoms with Crippen molar-refractivity contribution in [3.63, 3.8) is 0 Å². The summed E-state index contributed by atoms with van der Waals surface area (Å²) in [5.74, 6) is 0.542. The summed E-state index contributed by atoms with van der Waals surface area (Å²) in [6, 6.07) is 0. The van der Waals surface area contributed by atoms with Crippen LogP contribution in [-0.4, -0.2) is 24.3 Å². The van der Waals surface area contributed by atoms with Crippen LogP contribution in [0.2, 0.25) is 0 Å². The van der Waals surface area contributed by atoms with E-state index in [0.717, 1.165) is 19.4 Å². The van der Waals surface area contributed by atoms with Crippen LogP contribution in [0.25, 0.3) is 0 Å². The predicted octanol–water partition coefficient (Wildman–Crippen LogP) is 1.99. The molecule has 1 saturated carbocycles. The second-order valence-electron chi connectivity index (χ2n) is 3.80. The van der Waals surface area contributed by atoms with Crippen molar-refractivity contribution in [2.75, 3.05) is 12.5 Å². The van der Waals surface area contributed by atoms with Crippen LogP contribution in [-0.2, 0) is 9.47 Å². The van der Waals surface area contributed by atoms with Crippen molar-refractivity contribution in [2.24, 2.45) is 0 Å². The van der Waals surface area contributed by atoms with E-state index in [9.17, 15) is 0 Å². The average molecular weight is 188 g/mol. The molecule has 2 aliphatic rings. The Morgan fingerprint density at radius 3 is 2.92 bits per heavy atom. The zero-order valence-corrected chi connectivity index (χ0v) is 8.19. The maximum atomic E-state index is 5.77. The van der Waals surface area contributed by atoms with Crippen LogP contribution in [0.4, 0.5) is 0 Å². The molecule has 3 heteroatoms. The van der Waals surface area contributed by atoms with E-state index in [4.69, 9.17) is 9.47 Å². The summed E-state index contributed by atoms with van der Waals surface area (Å²) in [4.78, 5) is 0. The lowest BCUT2D eigenvalue weighted by Crippen LogP contribution is -2.47. The summed E-state index contributed by atoms with van der Waals surface area (Å²) < 4.78 is 11.3. The molecular weight excluding hydrogens is 172 g/mol. The number of hydrogen-bond acceptors (Lipinski definition) is 3. The molecule has 0 amide bonds. The van der Waals surface area contributed by atoms with Gasteiger partial charge in [0.1, 0.15) is 0 Å². The number of thiol groups is 1. The molecule has 12 heavy (non-hydrogen) atoms. The summed E-state index contributed by atoms with van der Waals surface area (Å²) in [7, 11) is 0. The Labute approximate surface area is 79.0 Å². The van der Waals surface area contributed by atoms with Crippen LogP contribution < -0.4 is 0 Å². The molecule has 0 aromatic carbocycles. The molecule has 2 rings (SSSR count). The Morgan fingerprint density at radius 1 is 1.50 bits per heavy atom. The maximum Gasteiger partial charge on any atom is 0.0896 e. The van der Waals surface area contributed by atoms with E-state index in [1.165, 1.54) is 19.3 Å². The maximum absolute atomic E-state index is 5.77. The van der Waals surface area contributed by atoms with E-state index in [1.54, 1.807) is 0 Å². The monoisotopic (exact) mass is 188 g/mol. The molecule has 1 aliphatic heterocycles. The van der Waals surface area contributed by atoms with Gasteiger partial charge in [-0.3, -0.25) is 0 Å². The number of ether oxygens (including phenoxy) is 2. The van der Waals surface area contributed by atoms with Gasteiger partial charge in [0.05, 0.1) is 17.6 Å². The van der Waals surface area contributed by atoms with Gasteiger partial charge >= 0.3 is 0 Å². The highest BCUT2D eigenvalue weighted by molar-refractivity contribution is 7.80. The largest absolute Gasteiger partial charge is 0.375 e. The standard InChI is InChI=1S/C9H16O2S/c12-7-10-8-2-5-11-9(6-8)3-1-4-9/h8,12H,1-7H2. The molecule has 1 aliphatic carbocycles. The fourth-order valence-corrected chi connectivity index (χ4v) is 2.36. The molecule has 1 unspecified atom stereocenters. The lowest BCUT2D eigenvalue weighted by atomic mass is 9.74. The van der Waals surface area contributed by atoms with Crippen molar-refractivity contribution in [1.29, 1.82) is 0 Å². The van der Waals surface area contributed by atoms with Crippen molar-refractivity contribution in [2.45, 2.75) is 43.8 Å². The van der Waals surface area contributed by atoms with Crippen LogP contribution in [0.15, 0.2) is 0 Å². The van der Waals surface area contributed by atoms with Gasteiger partial charge in [-0.15, -0.1) is 0 Å². The topological polar surface area (TPSA) is 18.5 Å². The molecule has 0 radical (unpaired) electrons. The molecule has 1 saturated heterocycles. The number of rotatable bonds is 2. The molecule has 0 bridgehead atoms. The second kappa shape index (κ2) is 3.56. The normalized spacial score (nSPS) is 33.2. The first-order chi connectivity index (χ1) is 5.85. The molecule has 70 valence electrons. The molecule has 2 fully saturated rings. The fourth-order valence-electron chi connectivity index (χ4n) is 2.15. The quantitative estimate of drug-likeness (QED) is 0.528. The molecule has 2 nitrogen and oxygen atoms in total. The minimum atomic E-state index is 0.214. The zero-order chi connectivity index (χ0) is 8.44. The highest BCUT2D eigenvalue weighted by Crippen LogP contribution is 2.42.